The van der Waals surface area contributed by atoms with Gasteiger partial charge in [0, 0.05) is 25.2 Å². The minimum atomic E-state index is -0.399. The van der Waals surface area contributed by atoms with E-state index in [1.54, 1.807) is 26.1 Å². The lowest BCUT2D eigenvalue weighted by Gasteiger charge is -2.28. The summed E-state index contributed by atoms with van der Waals surface area (Å²) in [7, 11) is 1.70. The molecule has 0 amide bonds. The summed E-state index contributed by atoms with van der Waals surface area (Å²) >= 11 is 5.78. The zero-order valence-corrected chi connectivity index (χ0v) is 14.0. The Morgan fingerprint density at radius 1 is 1.42 bits per heavy atom. The Morgan fingerprint density at radius 3 is 2.75 bits per heavy atom. The molecule has 6 nitrogen and oxygen atoms in total. The Balaban J connectivity index is 1.90. The van der Waals surface area contributed by atoms with Crippen LogP contribution in [0.25, 0.3) is 5.57 Å². The molecule has 0 atom stereocenters. The summed E-state index contributed by atoms with van der Waals surface area (Å²) in [6, 6.07) is 4.58. The lowest BCUT2D eigenvalue weighted by atomic mass is 10.0. The van der Waals surface area contributed by atoms with E-state index in [2.05, 4.69) is 5.10 Å². The van der Waals surface area contributed by atoms with Crippen molar-refractivity contribution in [1.29, 1.82) is 0 Å². The molecule has 8 heteroatoms. The number of hydrogen-bond acceptors (Lipinski definition) is 4. The average Bonchev–Trinajstić information content (AvgIpc) is 2.82. The van der Waals surface area contributed by atoms with E-state index >= 15 is 0 Å². The number of aromatic nitrogens is 2. The molecule has 0 fully saturated rings. The molecular weight excluding hydrogens is 335 g/mol. The highest BCUT2D eigenvalue weighted by atomic mass is 35.5. The zero-order valence-electron chi connectivity index (χ0n) is 13.3. The van der Waals surface area contributed by atoms with E-state index in [0.717, 1.165) is 5.57 Å². The van der Waals surface area contributed by atoms with Gasteiger partial charge in [-0.2, -0.15) is 5.10 Å². The van der Waals surface area contributed by atoms with Crippen molar-refractivity contribution < 1.29 is 9.31 Å². The lowest BCUT2D eigenvalue weighted by Crippen LogP contribution is -2.29. The van der Waals surface area contributed by atoms with Gasteiger partial charge >= 0.3 is 5.69 Å². The van der Waals surface area contributed by atoms with Crippen molar-refractivity contribution in [3.63, 3.8) is 0 Å². The number of aryl methyl sites for hydroxylation is 2. The third kappa shape index (κ3) is 2.87. The van der Waals surface area contributed by atoms with Gasteiger partial charge in [-0.05, 0) is 37.1 Å². The Hall–Kier alpha value is -2.41. The van der Waals surface area contributed by atoms with Crippen molar-refractivity contribution >= 4 is 28.5 Å². The summed E-state index contributed by atoms with van der Waals surface area (Å²) in [4.78, 5) is 12.8. The zero-order chi connectivity index (χ0) is 17.4. The molecule has 1 aromatic carbocycles. The smallest absolute Gasteiger partial charge is 0.317 e. The molecule has 0 spiro atoms. The van der Waals surface area contributed by atoms with Crippen LogP contribution in [0, 0.1) is 22.9 Å². The van der Waals surface area contributed by atoms with Gasteiger partial charge in [0.1, 0.15) is 17.2 Å². The van der Waals surface area contributed by atoms with Crippen LogP contribution in [0.15, 0.2) is 24.3 Å². The normalized spacial score (nSPS) is 14.7. The van der Waals surface area contributed by atoms with Crippen molar-refractivity contribution in [2.75, 3.05) is 18.0 Å². The minimum absolute atomic E-state index is 0.0369. The minimum Gasteiger partial charge on any atom is -0.365 e. The molecule has 1 aromatic heterocycles. The first-order valence-corrected chi connectivity index (χ1v) is 7.83. The van der Waals surface area contributed by atoms with Gasteiger partial charge in [-0.15, -0.1) is 0 Å². The number of anilines is 1. The molecule has 3 rings (SSSR count). The van der Waals surface area contributed by atoms with E-state index in [1.807, 2.05) is 11.0 Å². The van der Waals surface area contributed by atoms with Gasteiger partial charge in [-0.3, -0.25) is 14.8 Å². The molecule has 0 aliphatic carbocycles. The van der Waals surface area contributed by atoms with Crippen molar-refractivity contribution in [3.05, 3.63) is 56.6 Å². The summed E-state index contributed by atoms with van der Waals surface area (Å²) in [5.41, 5.74) is 2.29. The molecule has 0 N–H and O–H groups in total. The van der Waals surface area contributed by atoms with Crippen LogP contribution in [0.2, 0.25) is 5.02 Å². The van der Waals surface area contributed by atoms with Crippen LogP contribution < -0.4 is 4.90 Å². The predicted octanol–water partition coefficient (Wildman–Crippen LogP) is 3.72. The number of nitro groups is 1. The molecule has 0 saturated carbocycles. The molecule has 0 bridgehead atoms. The van der Waals surface area contributed by atoms with Gasteiger partial charge in [0.15, 0.2) is 0 Å². The molecule has 2 heterocycles. The van der Waals surface area contributed by atoms with Gasteiger partial charge in [0.2, 0.25) is 0 Å². The standard InChI is InChI=1S/C16H16ClFN4O2/c1-10-15(22(23)24)16(20(2)19-10)11-5-7-21(8-6-11)14-4-3-12(17)9-13(14)18/h3-5,9H,6-8H2,1-2H3. The topological polar surface area (TPSA) is 64.2 Å². The fourth-order valence-electron chi connectivity index (χ4n) is 3.07. The third-order valence-electron chi connectivity index (χ3n) is 4.14. The fraction of sp³-hybridized carbons (Fsp3) is 0.312. The molecule has 0 radical (unpaired) electrons. The van der Waals surface area contributed by atoms with E-state index in [0.29, 0.717) is 41.6 Å². The summed E-state index contributed by atoms with van der Waals surface area (Å²) in [5.74, 6) is -0.373. The van der Waals surface area contributed by atoms with Crippen LogP contribution in [-0.4, -0.2) is 27.8 Å². The van der Waals surface area contributed by atoms with E-state index < -0.39 is 4.92 Å². The second-order valence-electron chi connectivity index (χ2n) is 5.68. The number of halogens is 2. The molecule has 1 aliphatic rings. The van der Waals surface area contributed by atoms with Crippen molar-refractivity contribution in [2.24, 2.45) is 7.05 Å². The highest BCUT2D eigenvalue weighted by Gasteiger charge is 2.28. The number of benzene rings is 1. The average molecular weight is 351 g/mol. The summed E-state index contributed by atoms with van der Waals surface area (Å²) in [6.45, 7) is 2.65. The fourth-order valence-corrected chi connectivity index (χ4v) is 3.23. The second kappa shape index (κ2) is 6.24. The Morgan fingerprint density at radius 2 is 2.17 bits per heavy atom. The molecule has 24 heavy (non-hydrogen) atoms. The first-order chi connectivity index (χ1) is 11.4. The van der Waals surface area contributed by atoms with Crippen molar-refractivity contribution in [2.45, 2.75) is 13.3 Å². The Bertz CT molecular complexity index is 847. The first kappa shape index (κ1) is 16.4. The monoisotopic (exact) mass is 350 g/mol. The Kier molecular flexibility index (Phi) is 4.28. The summed E-state index contributed by atoms with van der Waals surface area (Å²) in [5, 5.41) is 15.8. The van der Waals surface area contributed by atoms with Crippen LogP contribution in [-0.2, 0) is 7.05 Å². The number of rotatable bonds is 3. The van der Waals surface area contributed by atoms with Crippen LogP contribution in [0.3, 0.4) is 0 Å². The number of nitrogens with zero attached hydrogens (tertiary/aromatic N) is 4. The molecule has 0 saturated heterocycles. The van der Waals surface area contributed by atoms with Crippen LogP contribution in [0.4, 0.5) is 15.8 Å². The summed E-state index contributed by atoms with van der Waals surface area (Å²) < 4.78 is 15.6. The second-order valence-corrected chi connectivity index (χ2v) is 6.12. The largest absolute Gasteiger partial charge is 0.365 e. The van der Waals surface area contributed by atoms with Crippen molar-refractivity contribution in [1.82, 2.24) is 9.78 Å². The highest BCUT2D eigenvalue weighted by Crippen LogP contribution is 2.34. The lowest BCUT2D eigenvalue weighted by molar-refractivity contribution is -0.385. The van der Waals surface area contributed by atoms with Crippen LogP contribution in [0.1, 0.15) is 17.8 Å². The van der Waals surface area contributed by atoms with Gasteiger partial charge in [0.05, 0.1) is 10.6 Å². The maximum Gasteiger partial charge on any atom is 0.317 e. The van der Waals surface area contributed by atoms with E-state index in [4.69, 9.17) is 11.6 Å². The Labute approximate surface area is 143 Å². The van der Waals surface area contributed by atoms with E-state index in [-0.39, 0.29) is 11.5 Å². The van der Waals surface area contributed by atoms with Gasteiger partial charge < -0.3 is 4.90 Å². The van der Waals surface area contributed by atoms with Crippen LogP contribution in [0.5, 0.6) is 0 Å². The SMILES string of the molecule is Cc1nn(C)c(C2=CCN(c3ccc(Cl)cc3F)CC2)c1[N+](=O)[O-]. The predicted molar refractivity (Wildman–Crippen MR) is 90.8 cm³/mol. The molecule has 126 valence electrons. The van der Waals surface area contributed by atoms with E-state index in [9.17, 15) is 14.5 Å². The van der Waals surface area contributed by atoms with Gasteiger partial charge in [-0.25, -0.2) is 4.39 Å². The third-order valence-corrected chi connectivity index (χ3v) is 4.37. The van der Waals surface area contributed by atoms with Crippen LogP contribution >= 0.6 is 11.6 Å². The first-order valence-electron chi connectivity index (χ1n) is 7.46. The quantitative estimate of drug-likeness (QED) is 0.625. The maximum atomic E-state index is 14.0. The molecule has 1 aliphatic heterocycles. The maximum absolute atomic E-state index is 14.0. The van der Waals surface area contributed by atoms with E-state index in [1.165, 1.54) is 10.7 Å². The van der Waals surface area contributed by atoms with Gasteiger partial charge in [-0.1, -0.05) is 17.7 Å². The highest BCUT2D eigenvalue weighted by molar-refractivity contribution is 6.30. The number of hydrogen-bond donors (Lipinski definition) is 0. The molecular formula is C16H16ClFN4O2. The summed E-state index contributed by atoms with van der Waals surface area (Å²) in [6.07, 6.45) is 2.46. The molecule has 0 unspecified atom stereocenters. The van der Waals surface area contributed by atoms with Gasteiger partial charge in [0.25, 0.3) is 0 Å². The molecule has 2 aromatic rings. The van der Waals surface area contributed by atoms with Crippen molar-refractivity contribution in [3.8, 4) is 0 Å².